The van der Waals surface area contributed by atoms with Crippen LogP contribution in [-0.4, -0.2) is 26.5 Å². The minimum Gasteiger partial charge on any atom is -0.456 e. The van der Waals surface area contributed by atoms with Crippen LogP contribution in [0.25, 0.3) is 4.96 Å². The highest BCUT2D eigenvalue weighted by molar-refractivity contribution is 7.16. The molecule has 0 aliphatic heterocycles. The molecule has 4 rings (SSSR count). The lowest BCUT2D eigenvalue weighted by atomic mass is 10.2. The van der Waals surface area contributed by atoms with Crippen molar-refractivity contribution in [2.75, 3.05) is 5.32 Å². The lowest BCUT2D eigenvalue weighted by Crippen LogP contribution is -2.17. The zero-order chi connectivity index (χ0) is 23.5. The average molecular weight is 483 g/mol. The number of amides is 1. The van der Waals surface area contributed by atoms with Crippen LogP contribution in [0.4, 0.5) is 5.69 Å². The van der Waals surface area contributed by atoms with E-state index < -0.39 is 5.97 Å². The number of carbonyl (C=O) groups excluding carboxylic acids is 2. The van der Waals surface area contributed by atoms with E-state index in [0.717, 1.165) is 5.01 Å². The van der Waals surface area contributed by atoms with E-state index in [0.29, 0.717) is 32.5 Å². The van der Waals surface area contributed by atoms with Crippen molar-refractivity contribution in [2.45, 2.75) is 26.4 Å². The molecule has 0 saturated carbocycles. The van der Waals surface area contributed by atoms with E-state index in [9.17, 15) is 14.4 Å². The largest absolute Gasteiger partial charge is 0.456 e. The zero-order valence-electron chi connectivity index (χ0n) is 17.7. The second-order valence-corrected chi connectivity index (χ2v) is 8.91. The number of ether oxygens (including phenoxy) is 1. The van der Waals surface area contributed by atoms with Gasteiger partial charge in [0.1, 0.15) is 11.6 Å². The molecule has 0 bridgehead atoms. The summed E-state index contributed by atoms with van der Waals surface area (Å²) >= 11 is 7.16. The summed E-state index contributed by atoms with van der Waals surface area (Å²) in [5.74, 6) is -0.686. The van der Waals surface area contributed by atoms with E-state index in [-0.39, 0.29) is 24.0 Å². The Labute approximate surface area is 197 Å². The third kappa shape index (κ3) is 5.27. The molecule has 4 aromatic rings. The number of hydrogen-bond acceptors (Lipinski definition) is 7. The summed E-state index contributed by atoms with van der Waals surface area (Å²) < 4.78 is 6.56. The van der Waals surface area contributed by atoms with Crippen molar-refractivity contribution in [3.63, 3.8) is 0 Å². The molecule has 0 unspecified atom stereocenters. The SMILES string of the molecule is CC(C)c1nn2c(=O)cc(COC(=O)c3ccc(NC(=O)c4ccc(Cl)cc4)cc3)nc2s1. The van der Waals surface area contributed by atoms with Crippen molar-refractivity contribution in [1.29, 1.82) is 0 Å². The Hall–Kier alpha value is -3.56. The normalized spacial score (nSPS) is 11.0. The second-order valence-electron chi connectivity index (χ2n) is 7.49. The van der Waals surface area contributed by atoms with Gasteiger partial charge in [-0.1, -0.05) is 36.8 Å². The molecule has 1 amide bonds. The molecule has 2 aromatic carbocycles. The number of hydrogen-bond donors (Lipinski definition) is 1. The van der Waals surface area contributed by atoms with E-state index in [4.69, 9.17) is 16.3 Å². The zero-order valence-corrected chi connectivity index (χ0v) is 19.3. The van der Waals surface area contributed by atoms with Gasteiger partial charge in [-0.2, -0.15) is 9.61 Å². The Kier molecular flexibility index (Phi) is 6.52. The average Bonchev–Trinajstić information content (AvgIpc) is 3.24. The first-order valence-electron chi connectivity index (χ1n) is 10.0. The van der Waals surface area contributed by atoms with Gasteiger partial charge < -0.3 is 10.1 Å². The molecule has 1 N–H and O–H groups in total. The van der Waals surface area contributed by atoms with E-state index in [1.54, 1.807) is 48.5 Å². The van der Waals surface area contributed by atoms with Gasteiger partial charge in [-0.3, -0.25) is 9.59 Å². The lowest BCUT2D eigenvalue weighted by Gasteiger charge is -2.07. The Morgan fingerprint density at radius 3 is 2.42 bits per heavy atom. The second kappa shape index (κ2) is 9.51. The number of esters is 1. The molecule has 8 nitrogen and oxygen atoms in total. The van der Waals surface area contributed by atoms with E-state index in [2.05, 4.69) is 15.4 Å². The topological polar surface area (TPSA) is 103 Å². The van der Waals surface area contributed by atoms with Crippen molar-refractivity contribution in [3.05, 3.63) is 91.8 Å². The number of fused-ring (bicyclic) bond motifs is 1. The van der Waals surface area contributed by atoms with Crippen molar-refractivity contribution in [2.24, 2.45) is 0 Å². The summed E-state index contributed by atoms with van der Waals surface area (Å²) in [6, 6.07) is 14.1. The summed E-state index contributed by atoms with van der Waals surface area (Å²) in [5.41, 5.74) is 1.31. The molecule has 0 atom stereocenters. The van der Waals surface area contributed by atoms with Crippen molar-refractivity contribution in [1.82, 2.24) is 14.6 Å². The van der Waals surface area contributed by atoms with Gasteiger partial charge >= 0.3 is 5.97 Å². The molecule has 2 aromatic heterocycles. The lowest BCUT2D eigenvalue weighted by molar-refractivity contribution is 0.0467. The highest BCUT2D eigenvalue weighted by atomic mass is 35.5. The number of halogens is 1. The van der Waals surface area contributed by atoms with Crippen LogP contribution in [0.5, 0.6) is 0 Å². The van der Waals surface area contributed by atoms with Gasteiger partial charge in [-0.15, -0.1) is 0 Å². The Morgan fingerprint density at radius 2 is 1.76 bits per heavy atom. The Bertz CT molecular complexity index is 1380. The first-order chi connectivity index (χ1) is 15.8. The smallest absolute Gasteiger partial charge is 0.338 e. The summed E-state index contributed by atoms with van der Waals surface area (Å²) in [4.78, 5) is 41.8. The number of nitrogens with one attached hydrogen (secondary N) is 1. The minimum atomic E-state index is -0.570. The molecule has 0 spiro atoms. The monoisotopic (exact) mass is 482 g/mol. The van der Waals surface area contributed by atoms with Crippen molar-refractivity contribution < 1.29 is 14.3 Å². The van der Waals surface area contributed by atoms with Crippen molar-refractivity contribution >= 4 is 45.5 Å². The predicted molar refractivity (Wildman–Crippen MR) is 126 cm³/mol. The predicted octanol–water partition coefficient (Wildman–Crippen LogP) is 4.54. The highest BCUT2D eigenvalue weighted by Crippen LogP contribution is 2.20. The van der Waals surface area contributed by atoms with E-state index in [1.807, 2.05) is 13.8 Å². The number of benzene rings is 2. The Balaban J connectivity index is 1.39. The first-order valence-corrected chi connectivity index (χ1v) is 11.2. The minimum absolute atomic E-state index is 0.144. The van der Waals surface area contributed by atoms with Gasteiger partial charge in [-0.05, 0) is 48.5 Å². The molecule has 2 heterocycles. The molecule has 0 radical (unpaired) electrons. The van der Waals surface area contributed by atoms with Crippen LogP contribution in [0.3, 0.4) is 0 Å². The molecule has 33 heavy (non-hydrogen) atoms. The molecule has 0 fully saturated rings. The molecular formula is C23H19ClN4O4S. The van der Waals surface area contributed by atoms with Crippen LogP contribution < -0.4 is 10.9 Å². The quantitative estimate of drug-likeness (QED) is 0.405. The third-order valence-electron chi connectivity index (χ3n) is 4.64. The summed E-state index contributed by atoms with van der Waals surface area (Å²) in [7, 11) is 0. The van der Waals surface area contributed by atoms with Crippen LogP contribution in [0, 0.1) is 0 Å². The highest BCUT2D eigenvalue weighted by Gasteiger charge is 2.14. The van der Waals surface area contributed by atoms with Crippen LogP contribution in [0.2, 0.25) is 5.02 Å². The summed E-state index contributed by atoms with van der Waals surface area (Å²) in [6.07, 6.45) is 0. The summed E-state index contributed by atoms with van der Waals surface area (Å²) in [6.45, 7) is 3.83. The number of nitrogens with zero attached hydrogens (tertiary/aromatic N) is 3. The molecule has 10 heteroatoms. The third-order valence-corrected chi connectivity index (χ3v) is 6.10. The fourth-order valence-electron chi connectivity index (χ4n) is 2.90. The maximum atomic E-state index is 12.4. The molecule has 168 valence electrons. The van der Waals surface area contributed by atoms with Crippen LogP contribution in [0.15, 0.2) is 59.4 Å². The number of aromatic nitrogens is 3. The fraction of sp³-hybridized carbons (Fsp3) is 0.174. The van der Waals surface area contributed by atoms with Gasteiger partial charge in [0.2, 0.25) is 4.96 Å². The van der Waals surface area contributed by atoms with Gasteiger partial charge in [-0.25, -0.2) is 9.78 Å². The number of carbonyl (C=O) groups is 2. The molecule has 0 aliphatic rings. The van der Waals surface area contributed by atoms with Gasteiger partial charge in [0.15, 0.2) is 0 Å². The van der Waals surface area contributed by atoms with Gasteiger partial charge in [0.05, 0.1) is 11.3 Å². The van der Waals surface area contributed by atoms with E-state index in [1.165, 1.54) is 21.9 Å². The van der Waals surface area contributed by atoms with Gasteiger partial charge in [0, 0.05) is 28.3 Å². The maximum Gasteiger partial charge on any atom is 0.338 e. The number of anilines is 1. The van der Waals surface area contributed by atoms with Gasteiger partial charge in [0.25, 0.3) is 11.5 Å². The molecule has 0 saturated heterocycles. The van der Waals surface area contributed by atoms with Crippen LogP contribution in [-0.2, 0) is 11.3 Å². The maximum absolute atomic E-state index is 12.4. The van der Waals surface area contributed by atoms with Crippen LogP contribution >= 0.6 is 22.9 Å². The van der Waals surface area contributed by atoms with Crippen LogP contribution in [0.1, 0.15) is 51.2 Å². The first kappa shape index (κ1) is 22.6. The summed E-state index contributed by atoms with van der Waals surface area (Å²) in [5, 5.41) is 8.36. The molecular weight excluding hydrogens is 464 g/mol. The Morgan fingerprint density at radius 1 is 1.09 bits per heavy atom. The fourth-order valence-corrected chi connectivity index (χ4v) is 3.95. The van der Waals surface area contributed by atoms with E-state index >= 15 is 0 Å². The molecule has 0 aliphatic carbocycles. The number of rotatable bonds is 6. The standard InChI is InChI=1S/C23H19ClN4O4S/c1-13(2)21-27-28-19(29)11-18(26-23(28)33-21)12-32-22(31)15-5-9-17(10-6-15)25-20(30)14-3-7-16(24)8-4-14/h3-11,13H,12H2,1-2H3,(H,25,30). The van der Waals surface area contributed by atoms with Crippen molar-refractivity contribution in [3.8, 4) is 0 Å².